The molecule has 2 aromatic rings. The molecule has 10 heteroatoms. The average Bonchev–Trinajstić information content (AvgIpc) is 2.39. The van der Waals surface area contributed by atoms with E-state index in [9.17, 15) is 17.2 Å². The number of sulfonamides is 1. The number of halogens is 5. The third-order valence-electron chi connectivity index (χ3n) is 2.34. The van der Waals surface area contributed by atoms with Crippen molar-refractivity contribution >= 4 is 54.8 Å². The summed E-state index contributed by atoms with van der Waals surface area (Å²) in [6.07, 6.45) is 0.948. The second-order valence-corrected chi connectivity index (χ2v) is 7.10. The van der Waals surface area contributed by atoms with Crippen LogP contribution in [0.15, 0.2) is 33.8 Å². The Hall–Kier alpha value is -0.960. The molecule has 1 heterocycles. The average molecular weight is 418 g/mol. The second kappa shape index (κ2) is 6.04. The van der Waals surface area contributed by atoms with E-state index < -0.39 is 27.3 Å². The molecule has 0 saturated carbocycles. The molecule has 0 radical (unpaired) electrons. The second-order valence-electron chi connectivity index (χ2n) is 3.80. The van der Waals surface area contributed by atoms with E-state index in [-0.39, 0.29) is 19.5 Å². The lowest BCUT2D eigenvalue weighted by atomic mass is 10.3. The zero-order valence-corrected chi connectivity index (χ0v) is 13.8. The molecule has 0 bridgehead atoms. The van der Waals surface area contributed by atoms with Gasteiger partial charge in [0, 0.05) is 12.3 Å². The summed E-state index contributed by atoms with van der Waals surface area (Å²) in [5.41, 5.74) is -0.540. The van der Waals surface area contributed by atoms with E-state index >= 15 is 0 Å². The van der Waals surface area contributed by atoms with Crippen molar-refractivity contribution in [1.82, 2.24) is 4.98 Å². The molecule has 1 N–H and O–H groups in total. The number of nitrogens with zero attached hydrogens (tertiary/aromatic N) is 1. The van der Waals surface area contributed by atoms with Gasteiger partial charge in [-0.15, -0.1) is 0 Å². The molecular formula is C11H5BrCl2F2N2O2S. The van der Waals surface area contributed by atoms with Gasteiger partial charge in [0.25, 0.3) is 10.0 Å². The predicted molar refractivity (Wildman–Crippen MR) is 79.1 cm³/mol. The molecule has 0 aliphatic carbocycles. The maximum absolute atomic E-state index is 13.6. The van der Waals surface area contributed by atoms with Crippen molar-refractivity contribution in [3.05, 3.63) is 50.7 Å². The van der Waals surface area contributed by atoms with Gasteiger partial charge >= 0.3 is 0 Å². The summed E-state index contributed by atoms with van der Waals surface area (Å²) in [5, 5.41) is -0.154. The van der Waals surface area contributed by atoms with Gasteiger partial charge in [0.1, 0.15) is 21.7 Å². The summed E-state index contributed by atoms with van der Waals surface area (Å²) < 4.78 is 52.9. The Balaban J connectivity index is 2.42. The lowest BCUT2D eigenvalue weighted by Crippen LogP contribution is -2.14. The molecule has 0 unspecified atom stereocenters. The van der Waals surface area contributed by atoms with Gasteiger partial charge in [-0.05, 0) is 28.1 Å². The van der Waals surface area contributed by atoms with Crippen LogP contribution in [0.5, 0.6) is 0 Å². The highest BCUT2D eigenvalue weighted by Gasteiger charge is 2.19. The topological polar surface area (TPSA) is 59.1 Å². The largest absolute Gasteiger partial charge is 0.276 e. The fourth-order valence-corrected chi connectivity index (χ4v) is 3.03. The molecule has 0 fully saturated rings. The van der Waals surface area contributed by atoms with E-state index in [1.165, 1.54) is 0 Å². The van der Waals surface area contributed by atoms with Crippen LogP contribution in [-0.2, 0) is 10.0 Å². The van der Waals surface area contributed by atoms with Crippen LogP contribution in [0.2, 0.25) is 10.2 Å². The van der Waals surface area contributed by atoms with Gasteiger partial charge < -0.3 is 0 Å². The number of hydrogen-bond donors (Lipinski definition) is 1. The number of anilines is 1. The first-order valence-electron chi connectivity index (χ1n) is 5.19. The standard InChI is InChI=1S/C11H5BrCl2F2N2O2S/c12-6-2-9(16)10(3-8(6)15)18-21(19,20)5-1-7(13)11(14)17-4-5/h1-4,18H. The maximum Gasteiger partial charge on any atom is 0.263 e. The van der Waals surface area contributed by atoms with E-state index in [0.29, 0.717) is 6.07 Å². The van der Waals surface area contributed by atoms with E-state index in [1.807, 2.05) is 4.72 Å². The van der Waals surface area contributed by atoms with Crippen LogP contribution < -0.4 is 4.72 Å². The molecule has 21 heavy (non-hydrogen) atoms. The highest BCUT2D eigenvalue weighted by molar-refractivity contribution is 9.10. The van der Waals surface area contributed by atoms with Crippen LogP contribution >= 0.6 is 39.1 Å². The highest BCUT2D eigenvalue weighted by Crippen LogP contribution is 2.27. The number of aromatic nitrogens is 1. The van der Waals surface area contributed by atoms with Crippen LogP contribution in [0.3, 0.4) is 0 Å². The molecule has 1 aromatic carbocycles. The number of pyridine rings is 1. The highest BCUT2D eigenvalue weighted by atomic mass is 79.9. The summed E-state index contributed by atoms with van der Waals surface area (Å²) >= 11 is 14.0. The van der Waals surface area contributed by atoms with Gasteiger partial charge in [-0.25, -0.2) is 22.2 Å². The van der Waals surface area contributed by atoms with Crippen LogP contribution in [-0.4, -0.2) is 13.4 Å². The monoisotopic (exact) mass is 416 g/mol. The Bertz CT molecular complexity index is 818. The summed E-state index contributed by atoms with van der Waals surface area (Å²) in [6.45, 7) is 0. The fraction of sp³-hybridized carbons (Fsp3) is 0. The lowest BCUT2D eigenvalue weighted by molar-refractivity contribution is 0.591. The molecule has 0 saturated heterocycles. The van der Waals surface area contributed by atoms with Gasteiger partial charge in [0.2, 0.25) is 0 Å². The Morgan fingerprint density at radius 1 is 1.14 bits per heavy atom. The van der Waals surface area contributed by atoms with Crippen molar-refractivity contribution in [3.8, 4) is 0 Å². The van der Waals surface area contributed by atoms with E-state index in [4.69, 9.17) is 23.2 Å². The van der Waals surface area contributed by atoms with Crippen molar-refractivity contribution < 1.29 is 17.2 Å². The van der Waals surface area contributed by atoms with E-state index in [1.54, 1.807) is 0 Å². The Morgan fingerprint density at radius 3 is 2.43 bits per heavy atom. The molecule has 0 aliphatic rings. The predicted octanol–water partition coefficient (Wildman–Crippen LogP) is 4.23. The lowest BCUT2D eigenvalue weighted by Gasteiger charge is -2.10. The van der Waals surface area contributed by atoms with Gasteiger partial charge in [0.15, 0.2) is 0 Å². The fourth-order valence-electron chi connectivity index (χ4n) is 1.36. The third kappa shape index (κ3) is 3.63. The van der Waals surface area contributed by atoms with Gasteiger partial charge in [-0.1, -0.05) is 23.2 Å². The smallest absolute Gasteiger partial charge is 0.263 e. The van der Waals surface area contributed by atoms with Crippen LogP contribution in [0.1, 0.15) is 0 Å². The molecule has 0 amide bonds. The number of rotatable bonds is 3. The number of hydrogen-bond acceptors (Lipinski definition) is 3. The zero-order chi connectivity index (χ0) is 15.8. The Kier molecular flexibility index (Phi) is 4.72. The van der Waals surface area contributed by atoms with Gasteiger partial charge in [0.05, 0.1) is 15.2 Å². The first-order chi connectivity index (χ1) is 9.70. The van der Waals surface area contributed by atoms with Gasteiger partial charge in [-0.2, -0.15) is 0 Å². The van der Waals surface area contributed by atoms with Crippen molar-refractivity contribution in [2.45, 2.75) is 4.90 Å². The molecule has 4 nitrogen and oxygen atoms in total. The SMILES string of the molecule is O=S(=O)(Nc1cc(F)c(Br)cc1F)c1cnc(Cl)c(Cl)c1. The minimum Gasteiger partial charge on any atom is -0.276 e. The normalized spacial score (nSPS) is 11.5. The molecule has 1 aromatic heterocycles. The number of nitrogens with one attached hydrogen (secondary N) is 1. The zero-order valence-electron chi connectivity index (χ0n) is 9.87. The van der Waals surface area contributed by atoms with Crippen molar-refractivity contribution in [3.63, 3.8) is 0 Å². The minimum atomic E-state index is -4.18. The summed E-state index contributed by atoms with van der Waals surface area (Å²) in [6, 6.07) is 2.56. The van der Waals surface area contributed by atoms with Crippen LogP contribution in [0.25, 0.3) is 0 Å². The molecule has 112 valence electrons. The van der Waals surface area contributed by atoms with Gasteiger partial charge in [-0.3, -0.25) is 4.72 Å². The summed E-state index contributed by atoms with van der Waals surface area (Å²) in [4.78, 5) is 3.25. The summed E-state index contributed by atoms with van der Waals surface area (Å²) in [5.74, 6) is -1.76. The summed E-state index contributed by atoms with van der Waals surface area (Å²) in [7, 11) is -4.18. The quantitative estimate of drug-likeness (QED) is 0.600. The molecule has 0 atom stereocenters. The first-order valence-corrected chi connectivity index (χ1v) is 8.22. The molecular weight excluding hydrogens is 413 g/mol. The third-order valence-corrected chi connectivity index (χ3v) is 4.96. The maximum atomic E-state index is 13.6. The van der Waals surface area contributed by atoms with E-state index in [0.717, 1.165) is 18.3 Å². The van der Waals surface area contributed by atoms with Crippen molar-refractivity contribution in [1.29, 1.82) is 0 Å². The molecule has 0 spiro atoms. The van der Waals surface area contributed by atoms with Crippen LogP contribution in [0, 0.1) is 11.6 Å². The Morgan fingerprint density at radius 2 is 1.81 bits per heavy atom. The molecule has 2 rings (SSSR count). The first kappa shape index (κ1) is 16.4. The Labute approximate surface area is 137 Å². The molecule has 0 aliphatic heterocycles. The van der Waals surface area contributed by atoms with Crippen molar-refractivity contribution in [2.24, 2.45) is 0 Å². The van der Waals surface area contributed by atoms with Crippen molar-refractivity contribution in [2.75, 3.05) is 4.72 Å². The van der Waals surface area contributed by atoms with E-state index in [2.05, 4.69) is 20.9 Å². The van der Waals surface area contributed by atoms with Crippen LogP contribution in [0.4, 0.5) is 14.5 Å². The number of benzene rings is 1. The minimum absolute atomic E-state index is 0.0727.